The minimum absolute atomic E-state index is 0.0425. The van der Waals surface area contributed by atoms with Gasteiger partial charge < -0.3 is 4.57 Å². The second-order valence-corrected chi connectivity index (χ2v) is 10.6. The largest absolute Gasteiger partial charge is 0.333 e. The molecular weight excluding hydrogens is 432 g/mol. The van der Waals surface area contributed by atoms with Gasteiger partial charge in [0.2, 0.25) is 5.43 Å². The standard InChI is InChI=1S/C23H20N2O4S2/c1-15(26)19-13-25(23-21(22(19)27)24-20(30-23)14-31(2,28)29)12-17-10-6-7-11-18(17)16-8-4-3-5-9-16/h3-11,13H,12,14H2,1-2H3. The third-order valence-corrected chi connectivity index (χ3v) is 6.94. The number of fused-ring (bicyclic) bond motifs is 1. The highest BCUT2D eigenvalue weighted by molar-refractivity contribution is 7.90. The Morgan fingerprint density at radius 2 is 1.74 bits per heavy atom. The van der Waals surface area contributed by atoms with Gasteiger partial charge in [0.1, 0.15) is 21.1 Å². The van der Waals surface area contributed by atoms with Gasteiger partial charge in [-0.1, -0.05) is 65.9 Å². The zero-order valence-electron chi connectivity index (χ0n) is 17.0. The molecule has 6 nitrogen and oxygen atoms in total. The molecule has 0 N–H and O–H groups in total. The number of pyridine rings is 1. The Bertz CT molecular complexity index is 1450. The molecule has 0 unspecified atom stereocenters. The van der Waals surface area contributed by atoms with Gasteiger partial charge in [-0.2, -0.15) is 0 Å². The number of rotatable bonds is 6. The zero-order valence-corrected chi connectivity index (χ0v) is 18.7. The van der Waals surface area contributed by atoms with Crippen LogP contribution in [0.4, 0.5) is 0 Å². The number of hydrogen-bond acceptors (Lipinski definition) is 6. The molecule has 158 valence electrons. The van der Waals surface area contributed by atoms with Gasteiger partial charge in [0.15, 0.2) is 15.6 Å². The van der Waals surface area contributed by atoms with Crippen LogP contribution in [0.25, 0.3) is 21.5 Å². The third-order valence-electron chi connectivity index (χ3n) is 4.87. The van der Waals surface area contributed by atoms with Crippen LogP contribution in [-0.2, 0) is 22.1 Å². The van der Waals surface area contributed by atoms with E-state index in [0.717, 1.165) is 22.9 Å². The maximum atomic E-state index is 12.8. The molecule has 31 heavy (non-hydrogen) atoms. The average molecular weight is 453 g/mol. The quantitative estimate of drug-likeness (QED) is 0.414. The molecule has 2 heterocycles. The van der Waals surface area contributed by atoms with Crippen LogP contribution in [0.2, 0.25) is 0 Å². The number of carbonyl (C=O) groups is 1. The van der Waals surface area contributed by atoms with Crippen LogP contribution in [0, 0.1) is 0 Å². The summed E-state index contributed by atoms with van der Waals surface area (Å²) in [4.78, 5) is 29.7. The first kappa shape index (κ1) is 21.1. The van der Waals surface area contributed by atoms with E-state index in [1.165, 1.54) is 18.3 Å². The molecule has 4 rings (SSSR count). The van der Waals surface area contributed by atoms with Crippen LogP contribution in [0.1, 0.15) is 27.9 Å². The molecule has 0 aliphatic carbocycles. The third kappa shape index (κ3) is 4.50. The smallest absolute Gasteiger partial charge is 0.219 e. The van der Waals surface area contributed by atoms with Crippen LogP contribution in [-0.4, -0.2) is 30.0 Å². The Balaban J connectivity index is 1.89. The number of carbonyl (C=O) groups excluding carboxylic acids is 1. The maximum Gasteiger partial charge on any atom is 0.219 e. The molecule has 0 fully saturated rings. The molecule has 2 aromatic carbocycles. The number of nitrogens with zero attached hydrogens (tertiary/aromatic N) is 2. The molecule has 0 aliphatic heterocycles. The van der Waals surface area contributed by atoms with Gasteiger partial charge in [-0.3, -0.25) is 9.59 Å². The van der Waals surface area contributed by atoms with Crippen LogP contribution in [0.3, 0.4) is 0 Å². The van der Waals surface area contributed by atoms with Crippen LogP contribution >= 0.6 is 11.3 Å². The van der Waals surface area contributed by atoms with E-state index < -0.39 is 15.3 Å². The fourth-order valence-corrected chi connectivity index (χ4v) is 5.71. The van der Waals surface area contributed by atoms with Crippen LogP contribution in [0.5, 0.6) is 0 Å². The molecule has 0 saturated heterocycles. The lowest BCUT2D eigenvalue weighted by molar-refractivity contribution is 0.101. The summed E-state index contributed by atoms with van der Waals surface area (Å²) in [6, 6.07) is 17.9. The summed E-state index contributed by atoms with van der Waals surface area (Å²) in [5.41, 5.74) is 2.82. The normalized spacial score (nSPS) is 11.7. The van der Waals surface area contributed by atoms with Crippen molar-refractivity contribution in [1.82, 2.24) is 9.55 Å². The van der Waals surface area contributed by atoms with E-state index in [-0.39, 0.29) is 22.6 Å². The Hall–Kier alpha value is -3.10. The predicted octanol–water partition coefficient (Wildman–Crippen LogP) is 3.92. The van der Waals surface area contributed by atoms with E-state index >= 15 is 0 Å². The molecule has 2 aromatic heterocycles. The number of thiazole rings is 1. The average Bonchev–Trinajstić information content (AvgIpc) is 3.13. The van der Waals surface area contributed by atoms with Crippen LogP contribution < -0.4 is 5.43 Å². The minimum atomic E-state index is -3.31. The maximum absolute atomic E-state index is 12.8. The van der Waals surface area contributed by atoms with Gasteiger partial charge >= 0.3 is 0 Å². The van der Waals surface area contributed by atoms with Crippen molar-refractivity contribution < 1.29 is 13.2 Å². The Morgan fingerprint density at radius 3 is 2.42 bits per heavy atom. The summed E-state index contributed by atoms with van der Waals surface area (Å²) in [6.07, 6.45) is 2.68. The van der Waals surface area contributed by atoms with Gasteiger partial charge in [-0.05, 0) is 23.6 Å². The highest BCUT2D eigenvalue weighted by atomic mass is 32.2. The Labute approximate surface area is 183 Å². The molecule has 0 saturated carbocycles. The lowest BCUT2D eigenvalue weighted by atomic mass is 9.99. The van der Waals surface area contributed by atoms with E-state index in [1.807, 2.05) is 59.2 Å². The summed E-state index contributed by atoms with van der Waals surface area (Å²) in [5.74, 6) is -0.600. The number of sulfone groups is 1. The number of aromatic nitrogens is 2. The van der Waals surface area contributed by atoms with Crippen molar-refractivity contribution in [2.24, 2.45) is 0 Å². The van der Waals surface area contributed by atoms with Crippen molar-refractivity contribution in [3.63, 3.8) is 0 Å². The first-order valence-electron chi connectivity index (χ1n) is 9.58. The number of benzene rings is 2. The summed E-state index contributed by atoms with van der Waals surface area (Å²) >= 11 is 1.17. The minimum Gasteiger partial charge on any atom is -0.333 e. The molecular formula is C23H20N2O4S2. The zero-order chi connectivity index (χ0) is 22.2. The van der Waals surface area contributed by atoms with Gasteiger partial charge in [0, 0.05) is 19.0 Å². The molecule has 0 amide bonds. The van der Waals surface area contributed by atoms with E-state index in [4.69, 9.17) is 0 Å². The fraction of sp³-hybridized carbons (Fsp3) is 0.174. The van der Waals surface area contributed by atoms with Gasteiger partial charge in [-0.25, -0.2) is 13.4 Å². The van der Waals surface area contributed by atoms with Crippen molar-refractivity contribution in [1.29, 1.82) is 0 Å². The van der Waals surface area contributed by atoms with E-state index in [2.05, 4.69) is 4.98 Å². The van der Waals surface area contributed by atoms with Crippen LogP contribution in [0.15, 0.2) is 65.6 Å². The summed E-state index contributed by atoms with van der Waals surface area (Å²) < 4.78 is 25.3. The second-order valence-electron chi connectivity index (χ2n) is 7.41. The molecule has 0 spiro atoms. The predicted molar refractivity (Wildman–Crippen MR) is 123 cm³/mol. The first-order valence-corrected chi connectivity index (χ1v) is 12.5. The van der Waals surface area contributed by atoms with E-state index in [0.29, 0.717) is 16.4 Å². The second kappa shape index (κ2) is 8.20. The summed E-state index contributed by atoms with van der Waals surface area (Å²) in [7, 11) is -3.31. The molecule has 0 atom stereocenters. The monoisotopic (exact) mass is 452 g/mol. The molecule has 8 heteroatoms. The number of hydrogen-bond donors (Lipinski definition) is 0. The van der Waals surface area contributed by atoms with Crippen molar-refractivity contribution in [2.75, 3.05) is 6.26 Å². The van der Waals surface area contributed by atoms with Crippen molar-refractivity contribution in [2.45, 2.75) is 19.2 Å². The first-order chi connectivity index (χ1) is 14.7. The van der Waals surface area contributed by atoms with E-state index in [9.17, 15) is 18.0 Å². The van der Waals surface area contributed by atoms with Crippen molar-refractivity contribution in [3.05, 3.63) is 87.2 Å². The fourth-order valence-electron chi connectivity index (χ4n) is 3.49. The highest BCUT2D eigenvalue weighted by Gasteiger charge is 2.19. The number of Topliss-reactive ketones (excluding diaryl/α,β-unsaturated/α-hetero) is 1. The summed E-state index contributed by atoms with van der Waals surface area (Å²) in [6.45, 7) is 1.75. The van der Waals surface area contributed by atoms with E-state index in [1.54, 1.807) is 6.20 Å². The van der Waals surface area contributed by atoms with Gasteiger partial charge in [0.05, 0.1) is 5.56 Å². The SMILES string of the molecule is CC(=O)c1cn(Cc2ccccc2-c2ccccc2)c2sc(CS(C)(=O)=O)nc2c1=O. The van der Waals surface area contributed by atoms with Gasteiger partial charge in [0.25, 0.3) is 0 Å². The number of ketones is 1. The van der Waals surface area contributed by atoms with Crippen molar-refractivity contribution >= 4 is 37.3 Å². The lowest BCUT2D eigenvalue weighted by Crippen LogP contribution is -2.17. The molecule has 0 bridgehead atoms. The Morgan fingerprint density at radius 1 is 1.06 bits per heavy atom. The van der Waals surface area contributed by atoms with Crippen molar-refractivity contribution in [3.8, 4) is 11.1 Å². The topological polar surface area (TPSA) is 86.1 Å². The molecule has 4 aromatic rings. The Kier molecular flexibility index (Phi) is 5.60. The lowest BCUT2D eigenvalue weighted by Gasteiger charge is -2.13. The summed E-state index contributed by atoms with van der Waals surface area (Å²) in [5, 5.41) is 0.334. The molecule has 0 radical (unpaired) electrons. The highest BCUT2D eigenvalue weighted by Crippen LogP contribution is 2.27. The van der Waals surface area contributed by atoms with Gasteiger partial charge in [-0.15, -0.1) is 0 Å². The molecule has 0 aliphatic rings.